The third-order valence-corrected chi connectivity index (χ3v) is 3.93. The lowest BCUT2D eigenvalue weighted by Gasteiger charge is -2.23. The zero-order valence-electron chi connectivity index (χ0n) is 15.0. The van der Waals surface area contributed by atoms with Gasteiger partial charge in [0.25, 0.3) is 5.71 Å². The van der Waals surface area contributed by atoms with Gasteiger partial charge in [-0.3, -0.25) is 4.79 Å². The Hall–Kier alpha value is -3.16. The number of hydrogen-bond acceptors (Lipinski definition) is 7. The molecule has 3 aromatic rings. The van der Waals surface area contributed by atoms with Gasteiger partial charge in [0.05, 0.1) is 25.0 Å². The van der Waals surface area contributed by atoms with E-state index in [2.05, 4.69) is 20.4 Å². The summed E-state index contributed by atoms with van der Waals surface area (Å²) in [5, 5.41) is 7.56. The summed E-state index contributed by atoms with van der Waals surface area (Å²) in [4.78, 5) is 23.0. The highest BCUT2D eigenvalue weighted by molar-refractivity contribution is 5.97. The van der Waals surface area contributed by atoms with Crippen molar-refractivity contribution in [2.75, 3.05) is 30.4 Å². The minimum absolute atomic E-state index is 0.141. The summed E-state index contributed by atoms with van der Waals surface area (Å²) in [5.41, 5.74) is 1.74. The third kappa shape index (κ3) is 3.58. The van der Waals surface area contributed by atoms with Crippen molar-refractivity contribution in [3.8, 4) is 5.75 Å². The van der Waals surface area contributed by atoms with E-state index in [9.17, 15) is 4.79 Å². The number of anilines is 2. The van der Waals surface area contributed by atoms with Crippen LogP contribution in [-0.2, 0) is 4.79 Å². The highest BCUT2D eigenvalue weighted by atomic mass is 16.5. The van der Waals surface area contributed by atoms with E-state index in [0.717, 1.165) is 11.8 Å². The first-order valence-corrected chi connectivity index (χ1v) is 8.38. The molecule has 136 valence electrons. The fourth-order valence-electron chi connectivity index (χ4n) is 2.78. The van der Waals surface area contributed by atoms with Gasteiger partial charge in [-0.15, -0.1) is 0 Å². The van der Waals surface area contributed by atoms with Gasteiger partial charge in [0.2, 0.25) is 5.91 Å². The number of nitrogens with one attached hydrogen (secondary N) is 1. The Bertz CT molecular complexity index is 909. The monoisotopic (exact) mass is 355 g/mol. The van der Waals surface area contributed by atoms with Crippen LogP contribution in [0.1, 0.15) is 19.0 Å². The molecule has 1 amide bonds. The molecule has 3 rings (SSSR count). The maximum Gasteiger partial charge on any atom is 0.263 e. The van der Waals surface area contributed by atoms with Gasteiger partial charge in [0.15, 0.2) is 0 Å². The Morgan fingerprint density at radius 1 is 1.31 bits per heavy atom. The predicted octanol–water partition coefficient (Wildman–Crippen LogP) is 2.79. The molecule has 0 spiro atoms. The molecule has 0 atom stereocenters. The van der Waals surface area contributed by atoms with Gasteiger partial charge in [0, 0.05) is 6.54 Å². The second-order valence-electron chi connectivity index (χ2n) is 5.82. The molecule has 0 fully saturated rings. The van der Waals surface area contributed by atoms with Gasteiger partial charge in [-0.25, -0.2) is 4.98 Å². The van der Waals surface area contributed by atoms with Crippen molar-refractivity contribution in [1.29, 1.82) is 0 Å². The zero-order valence-corrected chi connectivity index (χ0v) is 15.0. The van der Waals surface area contributed by atoms with E-state index in [1.54, 1.807) is 19.2 Å². The number of aryl methyl sites for hydroxylation is 1. The number of benzene rings is 1. The van der Waals surface area contributed by atoms with Crippen LogP contribution in [0.5, 0.6) is 5.75 Å². The minimum atomic E-state index is -0.163. The van der Waals surface area contributed by atoms with Gasteiger partial charge in [0.1, 0.15) is 23.3 Å². The van der Waals surface area contributed by atoms with E-state index in [-0.39, 0.29) is 12.5 Å². The molecule has 1 aromatic carbocycles. The maximum absolute atomic E-state index is 12.6. The molecule has 2 heterocycles. The molecule has 0 bridgehead atoms. The molecule has 2 aromatic heterocycles. The van der Waals surface area contributed by atoms with Gasteiger partial charge >= 0.3 is 0 Å². The quantitative estimate of drug-likeness (QED) is 0.696. The summed E-state index contributed by atoms with van der Waals surface area (Å²) in [6, 6.07) is 7.29. The molecule has 8 heteroatoms. The topological polar surface area (TPSA) is 93.4 Å². The normalized spacial score (nSPS) is 10.7. The average molecular weight is 355 g/mol. The van der Waals surface area contributed by atoms with E-state index in [4.69, 9.17) is 9.26 Å². The SMILES string of the molecule is CCCN(CC(=O)Nc1ccccc1OC)c1ncnc2onc(C)c12. The zero-order chi connectivity index (χ0) is 18.5. The molecular weight excluding hydrogens is 334 g/mol. The van der Waals surface area contributed by atoms with Crippen molar-refractivity contribution in [2.45, 2.75) is 20.3 Å². The Morgan fingerprint density at radius 3 is 2.88 bits per heavy atom. The van der Waals surface area contributed by atoms with Gasteiger partial charge in [-0.1, -0.05) is 24.2 Å². The second-order valence-corrected chi connectivity index (χ2v) is 5.82. The van der Waals surface area contributed by atoms with Crippen LogP contribution in [0, 0.1) is 6.92 Å². The van der Waals surface area contributed by atoms with Crippen molar-refractivity contribution in [3.63, 3.8) is 0 Å². The number of carbonyl (C=O) groups excluding carboxylic acids is 1. The van der Waals surface area contributed by atoms with Crippen LogP contribution in [-0.4, -0.2) is 41.2 Å². The molecule has 0 aliphatic carbocycles. The second kappa shape index (κ2) is 7.81. The van der Waals surface area contributed by atoms with Crippen LogP contribution >= 0.6 is 0 Å². The summed E-state index contributed by atoms with van der Waals surface area (Å²) in [6.45, 7) is 4.68. The average Bonchev–Trinajstić information content (AvgIpc) is 3.03. The van der Waals surface area contributed by atoms with Crippen LogP contribution in [0.15, 0.2) is 35.1 Å². The standard InChI is InChI=1S/C18H21N5O3/c1-4-9-23(17-16-12(2)22-26-18(16)20-11-19-17)10-15(24)21-13-7-5-6-8-14(13)25-3/h5-8,11H,4,9-10H2,1-3H3,(H,21,24). The molecule has 0 saturated carbocycles. The van der Waals surface area contributed by atoms with Crippen LogP contribution < -0.4 is 15.0 Å². The molecule has 0 aliphatic rings. The highest BCUT2D eigenvalue weighted by Crippen LogP contribution is 2.26. The first-order valence-electron chi connectivity index (χ1n) is 8.38. The Kier molecular flexibility index (Phi) is 5.31. The number of nitrogens with zero attached hydrogens (tertiary/aromatic N) is 4. The van der Waals surface area contributed by atoms with E-state index < -0.39 is 0 Å². The summed E-state index contributed by atoms with van der Waals surface area (Å²) < 4.78 is 10.5. The fourth-order valence-corrected chi connectivity index (χ4v) is 2.78. The Labute approximate surface area is 151 Å². The number of carbonyl (C=O) groups is 1. The van der Waals surface area contributed by atoms with Gasteiger partial charge < -0.3 is 19.5 Å². The van der Waals surface area contributed by atoms with E-state index >= 15 is 0 Å². The van der Waals surface area contributed by atoms with Crippen molar-refractivity contribution in [3.05, 3.63) is 36.3 Å². The van der Waals surface area contributed by atoms with Gasteiger partial charge in [-0.05, 0) is 25.5 Å². The summed E-state index contributed by atoms with van der Waals surface area (Å²) >= 11 is 0. The maximum atomic E-state index is 12.6. The molecular formula is C18H21N5O3. The lowest BCUT2D eigenvalue weighted by Crippen LogP contribution is -2.34. The largest absolute Gasteiger partial charge is 0.495 e. The molecule has 0 saturated heterocycles. The third-order valence-electron chi connectivity index (χ3n) is 3.93. The van der Waals surface area contributed by atoms with Crippen molar-refractivity contribution >= 4 is 28.5 Å². The number of fused-ring (bicyclic) bond motifs is 1. The number of para-hydroxylation sites is 2. The molecule has 0 unspecified atom stereocenters. The number of hydrogen-bond donors (Lipinski definition) is 1. The number of amides is 1. The predicted molar refractivity (Wildman–Crippen MR) is 98.5 cm³/mol. The first kappa shape index (κ1) is 17.7. The van der Waals surface area contributed by atoms with Crippen molar-refractivity contribution in [2.24, 2.45) is 0 Å². The molecule has 1 N–H and O–H groups in total. The van der Waals surface area contributed by atoms with Crippen LogP contribution in [0.25, 0.3) is 11.1 Å². The molecule has 26 heavy (non-hydrogen) atoms. The first-order chi connectivity index (χ1) is 12.6. The number of aromatic nitrogens is 3. The van der Waals surface area contributed by atoms with Crippen LogP contribution in [0.3, 0.4) is 0 Å². The van der Waals surface area contributed by atoms with Gasteiger partial charge in [-0.2, -0.15) is 4.98 Å². The number of rotatable bonds is 7. The van der Waals surface area contributed by atoms with E-state index in [0.29, 0.717) is 35.2 Å². The van der Waals surface area contributed by atoms with Crippen molar-refractivity contribution < 1.29 is 14.1 Å². The summed E-state index contributed by atoms with van der Waals surface area (Å²) in [7, 11) is 1.57. The van der Waals surface area contributed by atoms with E-state index in [1.807, 2.05) is 30.9 Å². The lowest BCUT2D eigenvalue weighted by molar-refractivity contribution is -0.115. The Morgan fingerprint density at radius 2 is 2.12 bits per heavy atom. The number of methoxy groups -OCH3 is 1. The molecule has 0 radical (unpaired) electrons. The lowest BCUT2D eigenvalue weighted by atomic mass is 10.2. The highest BCUT2D eigenvalue weighted by Gasteiger charge is 2.20. The fraction of sp³-hybridized carbons (Fsp3) is 0.333. The minimum Gasteiger partial charge on any atom is -0.495 e. The van der Waals surface area contributed by atoms with Crippen LogP contribution in [0.4, 0.5) is 11.5 Å². The van der Waals surface area contributed by atoms with Crippen molar-refractivity contribution in [1.82, 2.24) is 15.1 Å². The smallest absolute Gasteiger partial charge is 0.263 e. The summed E-state index contributed by atoms with van der Waals surface area (Å²) in [6.07, 6.45) is 2.28. The summed E-state index contributed by atoms with van der Waals surface area (Å²) in [5.74, 6) is 1.09. The Balaban J connectivity index is 1.84. The number of ether oxygens (including phenoxy) is 1. The van der Waals surface area contributed by atoms with Crippen LogP contribution in [0.2, 0.25) is 0 Å². The molecule has 0 aliphatic heterocycles. The molecule has 8 nitrogen and oxygen atoms in total. The van der Waals surface area contributed by atoms with E-state index in [1.165, 1.54) is 6.33 Å².